The number of carbonyl (C=O) groups excluding carboxylic acids is 1. The molecule has 0 heterocycles. The highest BCUT2D eigenvalue weighted by Gasteiger charge is 1.84. The number of hydrogen-bond acceptors (Lipinski definition) is 5. The smallest absolute Gasteiger partial charge is 0.339 e. The third-order valence-electron chi connectivity index (χ3n) is 0.465. The molecule has 0 bridgehead atoms. The molecule has 0 aromatic carbocycles. The average Bonchev–Trinajstić information content (AvgIpc) is 1.89. The van der Waals surface area contributed by atoms with Crippen LogP contribution in [0.25, 0.3) is 0 Å². The molecular formula is C6H14O5. The van der Waals surface area contributed by atoms with Gasteiger partial charge in [-0.2, -0.15) is 4.89 Å². The highest BCUT2D eigenvalue weighted by Crippen LogP contribution is 1.70. The van der Waals surface area contributed by atoms with E-state index in [0.29, 0.717) is 0 Å². The van der Waals surface area contributed by atoms with E-state index in [9.17, 15) is 4.79 Å². The molecule has 0 aliphatic rings. The van der Waals surface area contributed by atoms with E-state index in [1.54, 1.807) is 0 Å². The highest BCUT2D eigenvalue weighted by molar-refractivity contribution is 5.65. The lowest BCUT2D eigenvalue weighted by Crippen LogP contribution is -2.03. The Bertz CT molecular complexity index is 91.0. The molecule has 11 heavy (non-hydrogen) atoms. The summed E-state index contributed by atoms with van der Waals surface area (Å²) in [5, 5.41) is 16.0. The lowest BCUT2D eigenvalue weighted by Gasteiger charge is -1.90. The van der Waals surface area contributed by atoms with Gasteiger partial charge in [-0.25, -0.2) is 4.79 Å². The second-order valence-electron chi connectivity index (χ2n) is 1.77. The van der Waals surface area contributed by atoms with Gasteiger partial charge in [-0.3, -0.25) is 4.89 Å². The molecule has 0 aliphatic heterocycles. The molecular weight excluding hydrogens is 152 g/mol. The molecule has 0 aliphatic carbocycles. The molecule has 0 radical (unpaired) electrons. The zero-order valence-corrected chi connectivity index (χ0v) is 6.90. The van der Waals surface area contributed by atoms with Gasteiger partial charge < -0.3 is 10.2 Å². The highest BCUT2D eigenvalue weighted by atomic mass is 17.2. The van der Waals surface area contributed by atoms with Crippen molar-refractivity contribution in [1.29, 1.82) is 0 Å². The predicted octanol–water partition coefficient (Wildman–Crippen LogP) is -0.530. The molecule has 0 aromatic heterocycles. The van der Waals surface area contributed by atoms with Gasteiger partial charge in [0.25, 0.3) is 0 Å². The number of hydrogen-bond donors (Lipinski definition) is 2. The van der Waals surface area contributed by atoms with E-state index in [4.69, 9.17) is 10.2 Å². The lowest BCUT2D eigenvalue weighted by atomic mass is 10.5. The van der Waals surface area contributed by atoms with Crippen LogP contribution in [0, 0.1) is 0 Å². The average molecular weight is 166 g/mol. The number of rotatable bonds is 2. The Morgan fingerprint density at radius 2 is 2.00 bits per heavy atom. The van der Waals surface area contributed by atoms with Crippen LogP contribution >= 0.6 is 0 Å². The van der Waals surface area contributed by atoms with E-state index < -0.39 is 12.1 Å². The van der Waals surface area contributed by atoms with Gasteiger partial charge >= 0.3 is 5.97 Å². The topological polar surface area (TPSA) is 76.0 Å². The van der Waals surface area contributed by atoms with Crippen LogP contribution in [-0.2, 0) is 14.6 Å². The second-order valence-corrected chi connectivity index (χ2v) is 1.77. The standard InChI is InChI=1S/C3H6O3.C3H8O2/c1-3(4)6-5-2;1-3(5)2-4/h1-2H3;3-5H,2H2,1H3. The molecule has 0 saturated carbocycles. The molecule has 0 fully saturated rings. The molecule has 68 valence electrons. The Labute approximate surface area is 65.5 Å². The monoisotopic (exact) mass is 166 g/mol. The fourth-order valence-electron chi connectivity index (χ4n) is 0.117. The normalized spacial score (nSPS) is 11.0. The van der Waals surface area contributed by atoms with Crippen LogP contribution in [0.5, 0.6) is 0 Å². The van der Waals surface area contributed by atoms with Crippen LogP contribution < -0.4 is 0 Å². The Kier molecular flexibility index (Phi) is 11.0. The summed E-state index contributed by atoms with van der Waals surface area (Å²) in [6, 6.07) is 0. The summed E-state index contributed by atoms with van der Waals surface area (Å²) in [5.41, 5.74) is 0. The summed E-state index contributed by atoms with van der Waals surface area (Å²) in [5.74, 6) is -0.433. The van der Waals surface area contributed by atoms with Crippen LogP contribution in [-0.4, -0.2) is 36.0 Å². The van der Waals surface area contributed by atoms with Crippen molar-refractivity contribution >= 4 is 5.97 Å². The van der Waals surface area contributed by atoms with Gasteiger partial charge in [0.2, 0.25) is 0 Å². The molecule has 1 unspecified atom stereocenters. The Morgan fingerprint density at radius 3 is 2.00 bits per heavy atom. The maximum Gasteiger partial charge on any atom is 0.339 e. The summed E-state index contributed by atoms with van der Waals surface area (Å²) in [6.45, 7) is 2.66. The molecule has 0 rings (SSSR count). The van der Waals surface area contributed by atoms with Crippen LogP contribution in [0.2, 0.25) is 0 Å². The third-order valence-corrected chi connectivity index (χ3v) is 0.465. The Balaban J connectivity index is 0. The number of aliphatic hydroxyl groups is 2. The van der Waals surface area contributed by atoms with Crippen molar-refractivity contribution in [3.63, 3.8) is 0 Å². The molecule has 2 N–H and O–H groups in total. The molecule has 0 spiro atoms. The molecule has 0 saturated heterocycles. The van der Waals surface area contributed by atoms with E-state index in [1.807, 2.05) is 0 Å². The number of carbonyl (C=O) groups is 1. The maximum atomic E-state index is 9.70. The van der Waals surface area contributed by atoms with E-state index in [0.717, 1.165) is 0 Å². The third kappa shape index (κ3) is 26.7. The summed E-state index contributed by atoms with van der Waals surface area (Å²) >= 11 is 0. The van der Waals surface area contributed by atoms with E-state index in [-0.39, 0.29) is 6.61 Å². The van der Waals surface area contributed by atoms with Crippen molar-refractivity contribution in [2.45, 2.75) is 20.0 Å². The van der Waals surface area contributed by atoms with Crippen LogP contribution in [0.1, 0.15) is 13.8 Å². The summed E-state index contributed by atoms with van der Waals surface area (Å²) in [6.07, 6.45) is -0.560. The van der Waals surface area contributed by atoms with Crippen molar-refractivity contribution in [2.75, 3.05) is 13.7 Å². The zero-order valence-electron chi connectivity index (χ0n) is 6.90. The molecule has 0 aromatic rings. The molecule has 5 heteroatoms. The molecule has 1 atom stereocenters. The van der Waals surface area contributed by atoms with E-state index in [2.05, 4.69) is 9.78 Å². The first-order chi connectivity index (χ1) is 5.04. The van der Waals surface area contributed by atoms with Gasteiger partial charge in [0.05, 0.1) is 19.8 Å². The molecule has 5 nitrogen and oxygen atoms in total. The zero-order chi connectivity index (χ0) is 9.28. The van der Waals surface area contributed by atoms with Crippen molar-refractivity contribution in [1.82, 2.24) is 0 Å². The minimum atomic E-state index is -0.560. The predicted molar refractivity (Wildman–Crippen MR) is 37.5 cm³/mol. The fourth-order valence-corrected chi connectivity index (χ4v) is 0.117. The maximum absolute atomic E-state index is 9.70. The SMILES string of the molecule is CC(O)CO.COOC(C)=O. The largest absolute Gasteiger partial charge is 0.394 e. The second kappa shape index (κ2) is 9.35. The van der Waals surface area contributed by atoms with Gasteiger partial charge in [0, 0.05) is 6.92 Å². The van der Waals surface area contributed by atoms with Crippen molar-refractivity contribution < 1.29 is 24.8 Å². The first-order valence-electron chi connectivity index (χ1n) is 3.04. The Morgan fingerprint density at radius 1 is 1.64 bits per heavy atom. The van der Waals surface area contributed by atoms with Crippen LogP contribution in [0.3, 0.4) is 0 Å². The number of aliphatic hydroxyl groups excluding tert-OH is 2. The van der Waals surface area contributed by atoms with Crippen LogP contribution in [0.4, 0.5) is 0 Å². The quantitative estimate of drug-likeness (QED) is 0.426. The van der Waals surface area contributed by atoms with Crippen molar-refractivity contribution in [3.05, 3.63) is 0 Å². The van der Waals surface area contributed by atoms with Crippen molar-refractivity contribution in [2.24, 2.45) is 0 Å². The first-order valence-corrected chi connectivity index (χ1v) is 3.04. The summed E-state index contributed by atoms with van der Waals surface area (Å²) in [7, 11) is 1.28. The van der Waals surface area contributed by atoms with Crippen molar-refractivity contribution in [3.8, 4) is 0 Å². The fraction of sp³-hybridized carbons (Fsp3) is 0.833. The Hall–Kier alpha value is -0.650. The van der Waals surface area contributed by atoms with Gasteiger partial charge in [0.15, 0.2) is 0 Å². The minimum absolute atomic E-state index is 0.139. The first kappa shape index (κ1) is 13.0. The van der Waals surface area contributed by atoms with E-state index in [1.165, 1.54) is 21.0 Å². The minimum Gasteiger partial charge on any atom is -0.394 e. The van der Waals surface area contributed by atoms with Gasteiger partial charge in [0.1, 0.15) is 0 Å². The van der Waals surface area contributed by atoms with Gasteiger partial charge in [-0.1, -0.05) is 0 Å². The van der Waals surface area contributed by atoms with E-state index >= 15 is 0 Å². The van der Waals surface area contributed by atoms with Crippen LogP contribution in [0.15, 0.2) is 0 Å². The lowest BCUT2D eigenvalue weighted by molar-refractivity contribution is -0.252. The summed E-state index contributed by atoms with van der Waals surface area (Å²) in [4.78, 5) is 17.6. The summed E-state index contributed by atoms with van der Waals surface area (Å²) < 4.78 is 0. The molecule has 0 amide bonds. The van der Waals surface area contributed by atoms with Gasteiger partial charge in [-0.05, 0) is 6.92 Å². The van der Waals surface area contributed by atoms with Gasteiger partial charge in [-0.15, -0.1) is 0 Å².